The summed E-state index contributed by atoms with van der Waals surface area (Å²) in [4.78, 5) is 7.59. The highest BCUT2D eigenvalue weighted by molar-refractivity contribution is 6.31. The summed E-state index contributed by atoms with van der Waals surface area (Å²) in [5.74, 6) is 0.933. The quantitative estimate of drug-likeness (QED) is 0.824. The molecule has 2 heterocycles. The number of nitrogens with zero attached hydrogens (tertiary/aromatic N) is 1. The minimum Gasteiger partial charge on any atom is -0.317 e. The van der Waals surface area contributed by atoms with Crippen molar-refractivity contribution in [3.05, 3.63) is 28.9 Å². The molecular weight excluding hydrogens is 248 g/mol. The first-order valence-electron chi connectivity index (χ1n) is 6.23. The third kappa shape index (κ3) is 2.13. The summed E-state index contributed by atoms with van der Waals surface area (Å²) in [5.41, 5.74) is 7.93. The number of H-pyrrole nitrogens is 1. The zero-order valence-electron chi connectivity index (χ0n) is 10.0. The lowest BCUT2D eigenvalue weighted by molar-refractivity contribution is -0.330. The minimum atomic E-state index is 0.462. The van der Waals surface area contributed by atoms with Crippen molar-refractivity contribution >= 4 is 28.5 Å². The summed E-state index contributed by atoms with van der Waals surface area (Å²) in [6, 6.07) is 5.80. The van der Waals surface area contributed by atoms with Crippen LogP contribution in [0.5, 0.6) is 0 Å². The molecule has 1 aromatic heterocycles. The molecule has 3 rings (SSSR count). The van der Waals surface area contributed by atoms with Crippen LogP contribution in [0.3, 0.4) is 0 Å². The first kappa shape index (κ1) is 11.7. The number of aromatic nitrogens is 2. The van der Waals surface area contributed by atoms with Gasteiger partial charge in [-0.2, -0.15) is 0 Å². The average Bonchev–Trinajstić information content (AvgIpc) is 2.39. The van der Waals surface area contributed by atoms with Crippen LogP contribution in [0.4, 0.5) is 5.95 Å². The van der Waals surface area contributed by atoms with Gasteiger partial charge in [-0.25, -0.2) is 4.98 Å². The predicted octanol–water partition coefficient (Wildman–Crippen LogP) is 1.75. The van der Waals surface area contributed by atoms with Gasteiger partial charge in [0.1, 0.15) is 11.2 Å². The molecule has 1 aliphatic heterocycles. The molecule has 1 aliphatic rings. The Bertz CT molecular complexity index is 578. The zero-order valence-corrected chi connectivity index (χ0v) is 10.8. The van der Waals surface area contributed by atoms with E-state index in [0.29, 0.717) is 11.9 Å². The number of anilines is 1. The van der Waals surface area contributed by atoms with Crippen molar-refractivity contribution in [1.82, 2.24) is 10.3 Å². The number of hydrogen-bond acceptors (Lipinski definition) is 3. The van der Waals surface area contributed by atoms with E-state index in [4.69, 9.17) is 17.3 Å². The Balaban J connectivity index is 2.16. The summed E-state index contributed by atoms with van der Waals surface area (Å²) in [7, 11) is 0. The summed E-state index contributed by atoms with van der Waals surface area (Å²) >= 11 is 6.08. The second-order valence-corrected chi connectivity index (χ2v) is 5.16. The maximum Gasteiger partial charge on any atom is 0.387 e. The van der Waals surface area contributed by atoms with Gasteiger partial charge < -0.3 is 5.32 Å². The lowest BCUT2D eigenvalue weighted by Gasteiger charge is -2.21. The lowest BCUT2D eigenvalue weighted by Crippen LogP contribution is -2.28. The minimum absolute atomic E-state index is 0.462. The van der Waals surface area contributed by atoms with Crippen molar-refractivity contribution in [2.24, 2.45) is 0 Å². The maximum absolute atomic E-state index is 6.08. The largest absolute Gasteiger partial charge is 0.387 e. The molecule has 0 aliphatic carbocycles. The van der Waals surface area contributed by atoms with E-state index < -0.39 is 0 Å². The van der Waals surface area contributed by atoms with Crippen molar-refractivity contribution in [3.63, 3.8) is 0 Å². The molecule has 2 aromatic rings. The normalized spacial score (nSPS) is 17.2. The molecule has 4 N–H and O–H groups in total. The van der Waals surface area contributed by atoms with E-state index in [-0.39, 0.29) is 0 Å². The molecule has 0 unspecified atom stereocenters. The monoisotopic (exact) mass is 263 g/mol. The van der Waals surface area contributed by atoms with Crippen LogP contribution >= 0.6 is 11.6 Å². The van der Waals surface area contributed by atoms with E-state index in [0.717, 1.165) is 47.6 Å². The van der Waals surface area contributed by atoms with Crippen LogP contribution in [-0.2, 0) is 0 Å². The number of halogens is 1. The van der Waals surface area contributed by atoms with Gasteiger partial charge >= 0.3 is 5.95 Å². The second-order valence-electron chi connectivity index (χ2n) is 4.72. The highest BCUT2D eigenvalue weighted by atomic mass is 35.5. The van der Waals surface area contributed by atoms with Crippen molar-refractivity contribution in [3.8, 4) is 0 Å². The highest BCUT2D eigenvalue weighted by Crippen LogP contribution is 2.30. The third-order valence-electron chi connectivity index (χ3n) is 3.49. The van der Waals surface area contributed by atoms with Gasteiger partial charge in [0.05, 0.1) is 5.39 Å². The number of aromatic amines is 1. The summed E-state index contributed by atoms with van der Waals surface area (Å²) < 4.78 is 0. The van der Waals surface area contributed by atoms with Crippen molar-refractivity contribution < 1.29 is 4.98 Å². The Morgan fingerprint density at radius 1 is 1.33 bits per heavy atom. The van der Waals surface area contributed by atoms with E-state index in [9.17, 15) is 0 Å². The average molecular weight is 264 g/mol. The standard InChI is InChI=1S/C13H15ClN4/c14-9-1-2-11-10(7-9)12(18-13(15)17-11)8-3-5-16-6-4-8/h1-2,7-8,16H,3-6H2,(H2,15,17,18)/p+1. The lowest BCUT2D eigenvalue weighted by atomic mass is 9.92. The number of rotatable bonds is 1. The van der Waals surface area contributed by atoms with Gasteiger partial charge in [0.15, 0.2) is 0 Å². The van der Waals surface area contributed by atoms with Gasteiger partial charge in [0, 0.05) is 10.9 Å². The summed E-state index contributed by atoms with van der Waals surface area (Å²) in [5, 5.41) is 5.19. The second kappa shape index (κ2) is 4.71. The summed E-state index contributed by atoms with van der Waals surface area (Å²) in [6.45, 7) is 2.07. The number of hydrogen-bond donors (Lipinski definition) is 2. The molecule has 1 aromatic carbocycles. The molecule has 0 saturated carbocycles. The first-order valence-corrected chi connectivity index (χ1v) is 6.60. The van der Waals surface area contributed by atoms with Crippen LogP contribution in [0.25, 0.3) is 10.9 Å². The molecule has 0 radical (unpaired) electrons. The van der Waals surface area contributed by atoms with Gasteiger partial charge in [0.25, 0.3) is 0 Å². The van der Waals surface area contributed by atoms with E-state index in [1.54, 1.807) is 0 Å². The highest BCUT2D eigenvalue weighted by Gasteiger charge is 2.23. The van der Waals surface area contributed by atoms with Crippen LogP contribution in [-0.4, -0.2) is 18.1 Å². The number of piperidine rings is 1. The van der Waals surface area contributed by atoms with Crippen molar-refractivity contribution in [2.75, 3.05) is 18.8 Å². The molecule has 18 heavy (non-hydrogen) atoms. The predicted molar refractivity (Wildman–Crippen MR) is 72.6 cm³/mol. The molecule has 0 atom stereocenters. The van der Waals surface area contributed by atoms with E-state index >= 15 is 0 Å². The number of nitrogens with one attached hydrogen (secondary N) is 2. The number of nitrogens with two attached hydrogens (primary N) is 1. The summed E-state index contributed by atoms with van der Waals surface area (Å²) in [6.07, 6.45) is 2.19. The van der Waals surface area contributed by atoms with Crippen LogP contribution in [0.2, 0.25) is 5.02 Å². The fourth-order valence-electron chi connectivity index (χ4n) is 2.60. The Morgan fingerprint density at radius 3 is 2.89 bits per heavy atom. The number of benzene rings is 1. The molecule has 1 fully saturated rings. The van der Waals surface area contributed by atoms with Crippen molar-refractivity contribution in [2.45, 2.75) is 18.8 Å². The van der Waals surface area contributed by atoms with Crippen LogP contribution in [0.1, 0.15) is 24.5 Å². The Morgan fingerprint density at radius 2 is 2.11 bits per heavy atom. The molecular formula is C13H16ClN4+. The molecule has 4 nitrogen and oxygen atoms in total. The van der Waals surface area contributed by atoms with Crippen LogP contribution in [0.15, 0.2) is 18.2 Å². The topological polar surface area (TPSA) is 65.1 Å². The Labute approximate surface area is 111 Å². The molecule has 5 heteroatoms. The molecule has 0 amide bonds. The van der Waals surface area contributed by atoms with E-state index in [1.807, 2.05) is 18.2 Å². The van der Waals surface area contributed by atoms with Crippen LogP contribution in [0, 0.1) is 0 Å². The third-order valence-corrected chi connectivity index (χ3v) is 3.72. The molecule has 0 spiro atoms. The molecule has 0 bridgehead atoms. The van der Waals surface area contributed by atoms with E-state index in [1.165, 1.54) is 0 Å². The SMILES string of the molecule is Nc1nc(C2CCNCC2)c2cc(Cl)ccc2[nH+]1. The Hall–Kier alpha value is -1.39. The van der Waals surface area contributed by atoms with Crippen molar-refractivity contribution in [1.29, 1.82) is 0 Å². The van der Waals surface area contributed by atoms with Gasteiger partial charge in [0.2, 0.25) is 0 Å². The van der Waals surface area contributed by atoms with Gasteiger partial charge in [-0.1, -0.05) is 16.6 Å². The number of fused-ring (bicyclic) bond motifs is 1. The maximum atomic E-state index is 6.08. The molecule has 94 valence electrons. The van der Waals surface area contributed by atoms with Gasteiger partial charge in [-0.05, 0) is 44.1 Å². The fraction of sp³-hybridized carbons (Fsp3) is 0.385. The zero-order chi connectivity index (χ0) is 12.5. The van der Waals surface area contributed by atoms with Gasteiger partial charge in [-0.3, -0.25) is 5.73 Å². The first-order chi connectivity index (χ1) is 8.74. The Kier molecular flexibility index (Phi) is 3.06. The fourth-order valence-corrected chi connectivity index (χ4v) is 2.77. The molecule has 1 saturated heterocycles. The van der Waals surface area contributed by atoms with Gasteiger partial charge in [-0.15, -0.1) is 0 Å². The smallest absolute Gasteiger partial charge is 0.317 e. The van der Waals surface area contributed by atoms with Crippen LogP contribution < -0.4 is 16.0 Å². The van der Waals surface area contributed by atoms with E-state index in [2.05, 4.69) is 15.3 Å². The number of nitrogen functional groups attached to an aromatic ring is 1.